The van der Waals surface area contributed by atoms with Gasteiger partial charge >= 0.3 is 0 Å². The number of amides is 2. The van der Waals surface area contributed by atoms with Gasteiger partial charge in [-0.05, 0) is 49.2 Å². The molecule has 5 nitrogen and oxygen atoms in total. The number of piperidine rings is 1. The van der Waals surface area contributed by atoms with Crippen LogP contribution in [0.15, 0.2) is 36.4 Å². The lowest BCUT2D eigenvalue weighted by atomic mass is 10.1. The molecule has 26 heavy (non-hydrogen) atoms. The van der Waals surface area contributed by atoms with Gasteiger partial charge in [-0.15, -0.1) is 0 Å². The van der Waals surface area contributed by atoms with Crippen LogP contribution < -0.4 is 15.0 Å². The zero-order chi connectivity index (χ0) is 18.7. The van der Waals surface area contributed by atoms with Gasteiger partial charge in [0.1, 0.15) is 11.6 Å². The number of rotatable bonds is 4. The van der Waals surface area contributed by atoms with Crippen molar-refractivity contribution in [2.24, 2.45) is 0 Å². The predicted octanol–water partition coefficient (Wildman–Crippen LogP) is 4.26. The van der Waals surface area contributed by atoms with Crippen LogP contribution in [0.4, 0.5) is 15.8 Å². The number of halogens is 2. The molecule has 136 valence electrons. The number of ether oxygens (including phenoxy) is 1. The van der Waals surface area contributed by atoms with Crippen molar-refractivity contribution < 1.29 is 18.7 Å². The number of carbonyl (C=O) groups excluding carboxylic acids is 2. The van der Waals surface area contributed by atoms with Gasteiger partial charge < -0.3 is 15.0 Å². The molecule has 2 aromatic carbocycles. The second-order valence-corrected chi connectivity index (χ2v) is 6.40. The van der Waals surface area contributed by atoms with E-state index < -0.39 is 11.7 Å². The Morgan fingerprint density at radius 2 is 2.04 bits per heavy atom. The highest BCUT2D eigenvalue weighted by atomic mass is 35.5. The van der Waals surface area contributed by atoms with Gasteiger partial charge in [0.15, 0.2) is 0 Å². The summed E-state index contributed by atoms with van der Waals surface area (Å²) in [6, 6.07) is 8.83. The zero-order valence-electron chi connectivity index (χ0n) is 14.2. The average molecular weight is 377 g/mol. The summed E-state index contributed by atoms with van der Waals surface area (Å²) in [4.78, 5) is 26.2. The van der Waals surface area contributed by atoms with E-state index >= 15 is 0 Å². The number of hydrogen-bond donors (Lipinski definition) is 1. The first-order chi connectivity index (χ1) is 12.5. The molecule has 1 heterocycles. The number of benzene rings is 2. The third-order valence-corrected chi connectivity index (χ3v) is 4.46. The van der Waals surface area contributed by atoms with E-state index in [-0.39, 0.29) is 16.5 Å². The van der Waals surface area contributed by atoms with Crippen molar-refractivity contribution in [1.82, 2.24) is 0 Å². The normalized spacial score (nSPS) is 14.3. The zero-order valence-corrected chi connectivity index (χ0v) is 15.0. The number of nitrogens with one attached hydrogen (secondary N) is 1. The van der Waals surface area contributed by atoms with E-state index in [1.165, 1.54) is 19.2 Å². The van der Waals surface area contributed by atoms with E-state index in [0.717, 1.165) is 18.9 Å². The summed E-state index contributed by atoms with van der Waals surface area (Å²) in [5, 5.41) is 2.87. The minimum absolute atomic E-state index is 0.0155. The number of nitrogens with zero attached hydrogens (tertiary/aromatic N) is 1. The van der Waals surface area contributed by atoms with Crippen LogP contribution >= 0.6 is 11.6 Å². The van der Waals surface area contributed by atoms with Gasteiger partial charge in [0.05, 0.1) is 18.4 Å². The summed E-state index contributed by atoms with van der Waals surface area (Å²) >= 11 is 5.71. The molecule has 0 spiro atoms. The first-order valence-electron chi connectivity index (χ1n) is 8.24. The van der Waals surface area contributed by atoms with Crippen LogP contribution in [-0.4, -0.2) is 25.5 Å². The molecule has 7 heteroatoms. The number of anilines is 2. The fraction of sp³-hybridized carbons (Fsp3) is 0.263. The fourth-order valence-corrected chi connectivity index (χ4v) is 3.07. The molecule has 1 N–H and O–H groups in total. The SMILES string of the molecule is COc1ccc(NC(=O)c2ccc(Cl)cc2F)cc1N1CCCCC1=O. The quantitative estimate of drug-likeness (QED) is 0.867. The molecular formula is C19H18ClFN2O3. The average Bonchev–Trinajstić information content (AvgIpc) is 2.62. The minimum atomic E-state index is -0.699. The third-order valence-electron chi connectivity index (χ3n) is 4.23. The largest absolute Gasteiger partial charge is 0.495 e. The van der Waals surface area contributed by atoms with Crippen LogP contribution in [0.5, 0.6) is 5.75 Å². The summed E-state index contributed by atoms with van der Waals surface area (Å²) in [5.74, 6) is -0.743. The van der Waals surface area contributed by atoms with Crippen molar-refractivity contribution in [2.45, 2.75) is 19.3 Å². The lowest BCUT2D eigenvalue weighted by molar-refractivity contribution is -0.119. The van der Waals surface area contributed by atoms with E-state index in [1.54, 1.807) is 23.1 Å². The standard InChI is InChI=1S/C19H18ClFN2O3/c1-26-17-8-6-13(11-16(17)23-9-3-2-4-18(23)24)22-19(25)14-7-5-12(20)10-15(14)21/h5-8,10-11H,2-4,9H2,1H3,(H,22,25). The van der Waals surface area contributed by atoms with Gasteiger partial charge in [0.25, 0.3) is 5.91 Å². The Labute approximate surface area is 155 Å². The van der Waals surface area contributed by atoms with Crippen molar-refractivity contribution in [1.29, 1.82) is 0 Å². The van der Waals surface area contributed by atoms with E-state index in [2.05, 4.69) is 5.32 Å². The fourth-order valence-electron chi connectivity index (χ4n) is 2.91. The highest BCUT2D eigenvalue weighted by Gasteiger charge is 2.23. The second-order valence-electron chi connectivity index (χ2n) is 5.97. The summed E-state index contributed by atoms with van der Waals surface area (Å²) in [6.07, 6.45) is 2.25. The van der Waals surface area contributed by atoms with Crippen molar-refractivity contribution >= 4 is 34.8 Å². The molecule has 0 aromatic heterocycles. The Morgan fingerprint density at radius 3 is 2.73 bits per heavy atom. The first kappa shape index (κ1) is 18.2. The van der Waals surface area contributed by atoms with Crippen LogP contribution in [0, 0.1) is 5.82 Å². The monoisotopic (exact) mass is 376 g/mol. The topological polar surface area (TPSA) is 58.6 Å². The van der Waals surface area contributed by atoms with E-state index in [0.29, 0.717) is 30.1 Å². The van der Waals surface area contributed by atoms with Crippen LogP contribution in [-0.2, 0) is 4.79 Å². The highest BCUT2D eigenvalue weighted by Crippen LogP contribution is 2.33. The van der Waals surface area contributed by atoms with Crippen molar-refractivity contribution in [2.75, 3.05) is 23.9 Å². The maximum Gasteiger partial charge on any atom is 0.258 e. The molecule has 2 aromatic rings. The van der Waals surface area contributed by atoms with Gasteiger partial charge in [0, 0.05) is 23.7 Å². The lowest BCUT2D eigenvalue weighted by Crippen LogP contribution is -2.35. The Kier molecular flexibility index (Phi) is 5.42. The molecule has 0 unspecified atom stereocenters. The molecule has 1 aliphatic heterocycles. The number of carbonyl (C=O) groups is 2. The maximum absolute atomic E-state index is 13.9. The van der Waals surface area contributed by atoms with Crippen LogP contribution in [0.2, 0.25) is 5.02 Å². The molecular weight excluding hydrogens is 359 g/mol. The molecule has 2 amide bonds. The number of hydrogen-bond acceptors (Lipinski definition) is 3. The Balaban J connectivity index is 1.87. The van der Waals surface area contributed by atoms with Gasteiger partial charge in [-0.1, -0.05) is 11.6 Å². The summed E-state index contributed by atoms with van der Waals surface area (Å²) in [7, 11) is 1.52. The molecule has 0 aliphatic carbocycles. The first-order valence-corrected chi connectivity index (χ1v) is 8.62. The summed E-state index contributed by atoms with van der Waals surface area (Å²) in [5.41, 5.74) is 0.922. The van der Waals surface area contributed by atoms with Crippen molar-refractivity contribution in [3.8, 4) is 5.75 Å². The number of methoxy groups -OCH3 is 1. The maximum atomic E-state index is 13.9. The van der Waals surface area contributed by atoms with Gasteiger partial charge in [-0.2, -0.15) is 0 Å². The molecule has 0 radical (unpaired) electrons. The van der Waals surface area contributed by atoms with Crippen LogP contribution in [0.1, 0.15) is 29.6 Å². The Bertz CT molecular complexity index is 857. The van der Waals surface area contributed by atoms with Crippen molar-refractivity contribution in [3.05, 3.63) is 52.8 Å². The Morgan fingerprint density at radius 1 is 1.23 bits per heavy atom. The molecule has 0 atom stereocenters. The van der Waals surface area contributed by atoms with Gasteiger partial charge in [-0.25, -0.2) is 4.39 Å². The highest BCUT2D eigenvalue weighted by molar-refractivity contribution is 6.30. The van der Waals surface area contributed by atoms with Gasteiger partial charge in [0.2, 0.25) is 5.91 Å². The lowest BCUT2D eigenvalue weighted by Gasteiger charge is -2.28. The minimum Gasteiger partial charge on any atom is -0.495 e. The predicted molar refractivity (Wildman–Crippen MR) is 98.6 cm³/mol. The molecule has 1 aliphatic rings. The van der Waals surface area contributed by atoms with Crippen LogP contribution in [0.25, 0.3) is 0 Å². The third kappa shape index (κ3) is 3.80. The van der Waals surface area contributed by atoms with E-state index in [1.807, 2.05) is 0 Å². The van der Waals surface area contributed by atoms with E-state index in [9.17, 15) is 14.0 Å². The summed E-state index contributed by atoms with van der Waals surface area (Å²) < 4.78 is 19.3. The van der Waals surface area contributed by atoms with E-state index in [4.69, 9.17) is 16.3 Å². The molecule has 0 bridgehead atoms. The summed E-state index contributed by atoms with van der Waals surface area (Å²) in [6.45, 7) is 0.596. The second kappa shape index (κ2) is 7.74. The molecule has 0 saturated carbocycles. The smallest absolute Gasteiger partial charge is 0.258 e. The molecule has 1 saturated heterocycles. The van der Waals surface area contributed by atoms with Crippen molar-refractivity contribution in [3.63, 3.8) is 0 Å². The molecule has 1 fully saturated rings. The molecule has 3 rings (SSSR count). The van der Waals surface area contributed by atoms with Crippen LogP contribution in [0.3, 0.4) is 0 Å². The van der Waals surface area contributed by atoms with Gasteiger partial charge in [-0.3, -0.25) is 9.59 Å². The Hall–Kier alpha value is -2.60.